The molecule has 3 rings (SSSR count). The average Bonchev–Trinajstić information content (AvgIpc) is 3.39. The molecule has 2 atom stereocenters. The minimum Gasteiger partial charge on any atom is -0.491 e. The number of para-hydroxylation sites is 1. The standard InChI is InChI=1S/C19H26N2O4/c1-12(2)15-6-4-5-7-16(15)25-11-14(22)10-21-17(23)19(3,13-8-9-13)20-18(21)24/h4-7,12-14,22H,8-11H2,1-3H3,(H,20,24)/t14-,19+/m1/s1. The van der Waals surface area contributed by atoms with Crippen LogP contribution in [0.2, 0.25) is 0 Å². The number of aliphatic hydroxyl groups excluding tert-OH is 1. The third-order valence-electron chi connectivity index (χ3n) is 5.06. The highest BCUT2D eigenvalue weighted by molar-refractivity contribution is 6.07. The number of urea groups is 1. The summed E-state index contributed by atoms with van der Waals surface area (Å²) >= 11 is 0. The highest BCUT2D eigenvalue weighted by Crippen LogP contribution is 2.42. The molecule has 6 nitrogen and oxygen atoms in total. The number of carbonyl (C=O) groups is 2. The summed E-state index contributed by atoms with van der Waals surface area (Å²) in [5, 5.41) is 13.0. The van der Waals surface area contributed by atoms with E-state index in [-0.39, 0.29) is 25.0 Å². The van der Waals surface area contributed by atoms with Gasteiger partial charge in [0.2, 0.25) is 0 Å². The van der Waals surface area contributed by atoms with Gasteiger partial charge in [-0.1, -0.05) is 32.0 Å². The van der Waals surface area contributed by atoms with Crippen LogP contribution in [-0.2, 0) is 4.79 Å². The summed E-state index contributed by atoms with van der Waals surface area (Å²) in [6.07, 6.45) is 0.971. The lowest BCUT2D eigenvalue weighted by Gasteiger charge is -2.22. The Balaban J connectivity index is 1.59. The molecule has 1 aliphatic heterocycles. The molecule has 2 aliphatic rings. The Morgan fingerprint density at radius 1 is 1.32 bits per heavy atom. The molecule has 1 aromatic rings. The molecule has 0 aromatic heterocycles. The first-order valence-corrected chi connectivity index (χ1v) is 8.87. The van der Waals surface area contributed by atoms with Gasteiger partial charge in [0.1, 0.15) is 24.0 Å². The number of rotatable bonds is 7. The predicted octanol–water partition coefficient (Wildman–Crippen LogP) is 2.27. The van der Waals surface area contributed by atoms with E-state index in [1.807, 2.05) is 24.3 Å². The van der Waals surface area contributed by atoms with Crippen molar-refractivity contribution in [2.24, 2.45) is 5.92 Å². The number of hydrogen-bond acceptors (Lipinski definition) is 4. The number of amides is 3. The zero-order valence-electron chi connectivity index (χ0n) is 15.0. The van der Waals surface area contributed by atoms with Gasteiger partial charge in [-0.25, -0.2) is 4.79 Å². The van der Waals surface area contributed by atoms with Crippen LogP contribution in [0.1, 0.15) is 45.1 Å². The number of aliphatic hydroxyl groups is 1. The van der Waals surface area contributed by atoms with E-state index in [9.17, 15) is 14.7 Å². The predicted molar refractivity (Wildman–Crippen MR) is 93.4 cm³/mol. The topological polar surface area (TPSA) is 78.9 Å². The first kappa shape index (κ1) is 17.7. The summed E-state index contributed by atoms with van der Waals surface area (Å²) in [6.45, 7) is 5.89. The lowest BCUT2D eigenvalue weighted by Crippen LogP contribution is -2.46. The molecular weight excluding hydrogens is 320 g/mol. The van der Waals surface area contributed by atoms with E-state index in [0.29, 0.717) is 5.92 Å². The number of nitrogens with one attached hydrogen (secondary N) is 1. The molecule has 1 saturated heterocycles. The van der Waals surface area contributed by atoms with Crippen molar-refractivity contribution < 1.29 is 19.4 Å². The summed E-state index contributed by atoms with van der Waals surface area (Å²) < 4.78 is 5.73. The second-order valence-corrected chi connectivity index (χ2v) is 7.48. The second-order valence-electron chi connectivity index (χ2n) is 7.48. The smallest absolute Gasteiger partial charge is 0.325 e. The molecule has 0 spiro atoms. The molecule has 0 unspecified atom stereocenters. The zero-order valence-corrected chi connectivity index (χ0v) is 15.0. The van der Waals surface area contributed by atoms with Gasteiger partial charge in [-0.3, -0.25) is 9.69 Å². The van der Waals surface area contributed by atoms with Crippen LogP contribution in [0.15, 0.2) is 24.3 Å². The van der Waals surface area contributed by atoms with Crippen LogP contribution in [0.5, 0.6) is 5.75 Å². The maximum absolute atomic E-state index is 12.6. The number of nitrogens with zero attached hydrogens (tertiary/aromatic N) is 1. The molecular formula is C19H26N2O4. The fourth-order valence-electron chi connectivity index (χ4n) is 3.36. The molecule has 0 bridgehead atoms. The van der Waals surface area contributed by atoms with Crippen LogP contribution >= 0.6 is 0 Å². The van der Waals surface area contributed by atoms with Crippen molar-refractivity contribution in [1.29, 1.82) is 0 Å². The van der Waals surface area contributed by atoms with Gasteiger partial charge < -0.3 is 15.2 Å². The molecule has 6 heteroatoms. The molecule has 136 valence electrons. The maximum atomic E-state index is 12.6. The molecule has 2 fully saturated rings. The summed E-state index contributed by atoms with van der Waals surface area (Å²) in [6, 6.07) is 7.25. The maximum Gasteiger partial charge on any atom is 0.325 e. The summed E-state index contributed by atoms with van der Waals surface area (Å²) in [5.41, 5.74) is 0.244. The third-order valence-corrected chi connectivity index (χ3v) is 5.06. The van der Waals surface area contributed by atoms with Gasteiger partial charge in [0.05, 0.1) is 6.54 Å². The summed E-state index contributed by atoms with van der Waals surface area (Å²) in [5.74, 6) is 0.983. The van der Waals surface area contributed by atoms with Gasteiger partial charge in [0.25, 0.3) is 5.91 Å². The first-order valence-electron chi connectivity index (χ1n) is 8.87. The highest BCUT2D eigenvalue weighted by Gasteiger charge is 2.56. The molecule has 3 amide bonds. The van der Waals surface area contributed by atoms with Crippen LogP contribution in [0.3, 0.4) is 0 Å². The molecule has 25 heavy (non-hydrogen) atoms. The lowest BCUT2D eigenvalue weighted by molar-refractivity contribution is -0.132. The van der Waals surface area contributed by atoms with E-state index in [1.54, 1.807) is 6.92 Å². The Labute approximate surface area is 148 Å². The van der Waals surface area contributed by atoms with E-state index in [2.05, 4.69) is 19.2 Å². The molecule has 2 N–H and O–H groups in total. The van der Waals surface area contributed by atoms with E-state index in [4.69, 9.17) is 4.74 Å². The van der Waals surface area contributed by atoms with Crippen LogP contribution in [0.25, 0.3) is 0 Å². The number of benzene rings is 1. The lowest BCUT2D eigenvalue weighted by atomic mass is 9.96. The number of β-amino-alcohol motifs (C(OH)–C–C–N with tert-alkyl or cyclic N) is 1. The minimum atomic E-state index is -0.934. The third kappa shape index (κ3) is 3.49. The quantitative estimate of drug-likeness (QED) is 0.743. The number of carbonyl (C=O) groups excluding carboxylic acids is 2. The Bertz CT molecular complexity index is 671. The SMILES string of the molecule is CC(C)c1ccccc1OC[C@H](O)CN1C(=O)N[C@@](C)(C2CC2)C1=O. The van der Waals surface area contributed by atoms with Gasteiger partial charge in [0, 0.05) is 0 Å². The van der Waals surface area contributed by atoms with Crippen molar-refractivity contribution in [3.63, 3.8) is 0 Å². The van der Waals surface area contributed by atoms with Gasteiger partial charge >= 0.3 is 6.03 Å². The Kier molecular flexibility index (Phi) is 4.73. The van der Waals surface area contributed by atoms with Crippen molar-refractivity contribution in [2.45, 2.75) is 51.2 Å². The van der Waals surface area contributed by atoms with Gasteiger partial charge in [-0.2, -0.15) is 0 Å². The van der Waals surface area contributed by atoms with Crippen molar-refractivity contribution in [3.05, 3.63) is 29.8 Å². The monoisotopic (exact) mass is 346 g/mol. The number of hydrogen-bond donors (Lipinski definition) is 2. The fraction of sp³-hybridized carbons (Fsp3) is 0.579. The zero-order chi connectivity index (χ0) is 18.2. The average molecular weight is 346 g/mol. The van der Waals surface area contributed by atoms with E-state index < -0.39 is 17.7 Å². The molecule has 1 heterocycles. The number of imide groups is 1. The van der Waals surface area contributed by atoms with Crippen molar-refractivity contribution in [3.8, 4) is 5.75 Å². The van der Waals surface area contributed by atoms with Gasteiger partial charge in [-0.05, 0) is 43.2 Å². The number of ether oxygens (including phenoxy) is 1. The Morgan fingerprint density at radius 3 is 2.64 bits per heavy atom. The van der Waals surface area contributed by atoms with Gasteiger partial charge in [0.15, 0.2) is 0 Å². The summed E-state index contributed by atoms with van der Waals surface area (Å²) in [4.78, 5) is 25.8. The minimum absolute atomic E-state index is 0.0287. The largest absolute Gasteiger partial charge is 0.491 e. The first-order chi connectivity index (χ1) is 11.8. The van der Waals surface area contributed by atoms with Crippen LogP contribution < -0.4 is 10.1 Å². The molecule has 1 saturated carbocycles. The molecule has 1 aliphatic carbocycles. The molecule has 0 radical (unpaired) electrons. The van der Waals surface area contributed by atoms with Crippen LogP contribution in [-0.4, -0.2) is 46.7 Å². The van der Waals surface area contributed by atoms with E-state index >= 15 is 0 Å². The van der Waals surface area contributed by atoms with Crippen molar-refractivity contribution in [2.75, 3.05) is 13.2 Å². The Hall–Kier alpha value is -2.08. The van der Waals surface area contributed by atoms with Crippen LogP contribution in [0, 0.1) is 5.92 Å². The summed E-state index contributed by atoms with van der Waals surface area (Å²) in [7, 11) is 0. The Morgan fingerprint density at radius 2 is 2.00 bits per heavy atom. The van der Waals surface area contributed by atoms with E-state index in [1.165, 1.54) is 0 Å². The van der Waals surface area contributed by atoms with E-state index in [0.717, 1.165) is 29.1 Å². The second kappa shape index (κ2) is 6.67. The highest BCUT2D eigenvalue weighted by atomic mass is 16.5. The molecule has 1 aromatic carbocycles. The van der Waals surface area contributed by atoms with Crippen LogP contribution in [0.4, 0.5) is 4.79 Å². The normalized spacial score (nSPS) is 24.6. The van der Waals surface area contributed by atoms with Crippen molar-refractivity contribution >= 4 is 11.9 Å². The van der Waals surface area contributed by atoms with Crippen molar-refractivity contribution in [1.82, 2.24) is 10.2 Å². The van der Waals surface area contributed by atoms with Gasteiger partial charge in [-0.15, -0.1) is 0 Å². The fourth-order valence-corrected chi connectivity index (χ4v) is 3.36.